The molecule has 36 heavy (non-hydrogen) atoms. The van der Waals surface area contributed by atoms with Crippen molar-refractivity contribution in [1.82, 2.24) is 9.47 Å². The average molecular weight is 518 g/mol. The Balaban J connectivity index is 1.24. The SMILES string of the molecule is N[C@H](Cc1cc(F)c(F)cc1F)C1C[C@H]2CC[C@@H](C1)N2C(=O)c1ccc(Cn2c(O)csc2=O)cc1. The van der Waals surface area contributed by atoms with Crippen molar-refractivity contribution in [2.45, 2.75) is 56.8 Å². The van der Waals surface area contributed by atoms with Gasteiger partial charge in [0.15, 0.2) is 11.6 Å². The molecule has 2 aromatic carbocycles. The normalized spacial score (nSPS) is 22.1. The molecule has 0 radical (unpaired) electrons. The van der Waals surface area contributed by atoms with Crippen LogP contribution in [0.1, 0.15) is 47.2 Å². The van der Waals surface area contributed by atoms with Crippen LogP contribution in [0.25, 0.3) is 0 Å². The molecule has 0 spiro atoms. The van der Waals surface area contributed by atoms with Crippen molar-refractivity contribution in [1.29, 1.82) is 0 Å². The van der Waals surface area contributed by atoms with Crippen LogP contribution < -0.4 is 10.6 Å². The number of benzene rings is 2. The molecule has 0 aliphatic carbocycles. The number of aromatic nitrogens is 1. The lowest BCUT2D eigenvalue weighted by Crippen LogP contribution is -2.50. The third-order valence-corrected chi connectivity index (χ3v) is 8.21. The van der Waals surface area contributed by atoms with Crippen LogP contribution in [0.4, 0.5) is 13.2 Å². The molecule has 3 aromatic rings. The lowest BCUT2D eigenvalue weighted by atomic mass is 9.82. The Labute approximate surface area is 209 Å². The highest BCUT2D eigenvalue weighted by molar-refractivity contribution is 7.07. The quantitative estimate of drug-likeness (QED) is 0.484. The molecule has 2 bridgehead atoms. The van der Waals surface area contributed by atoms with Crippen LogP contribution >= 0.6 is 11.3 Å². The first-order valence-electron chi connectivity index (χ1n) is 11.9. The average Bonchev–Trinajstić information content (AvgIpc) is 3.31. The van der Waals surface area contributed by atoms with E-state index in [0.717, 1.165) is 35.8 Å². The summed E-state index contributed by atoms with van der Waals surface area (Å²) < 4.78 is 42.2. The highest BCUT2D eigenvalue weighted by Gasteiger charge is 2.44. The van der Waals surface area contributed by atoms with E-state index in [9.17, 15) is 27.9 Å². The molecule has 2 aliphatic heterocycles. The number of piperidine rings is 1. The van der Waals surface area contributed by atoms with Crippen LogP contribution in [0.5, 0.6) is 5.88 Å². The summed E-state index contributed by atoms with van der Waals surface area (Å²) in [6.45, 7) is 0.218. The first-order chi connectivity index (χ1) is 17.2. The van der Waals surface area contributed by atoms with Gasteiger partial charge in [0, 0.05) is 29.8 Å². The Morgan fingerprint density at radius 2 is 1.69 bits per heavy atom. The highest BCUT2D eigenvalue weighted by Crippen LogP contribution is 2.41. The molecule has 10 heteroatoms. The van der Waals surface area contributed by atoms with E-state index >= 15 is 0 Å². The molecule has 1 unspecified atom stereocenters. The summed E-state index contributed by atoms with van der Waals surface area (Å²) in [6.07, 6.45) is 3.17. The smallest absolute Gasteiger partial charge is 0.310 e. The van der Waals surface area contributed by atoms with Gasteiger partial charge in [-0.15, -0.1) is 0 Å². The standard InChI is InChI=1S/C26H26F3N3O3S/c27-20-11-22(29)21(28)9-16(20)10-23(30)17-7-18-5-6-19(8-17)32(18)25(34)15-3-1-14(2-4-15)12-31-24(33)13-36-26(31)35/h1-4,9,11,13,17-19,23,33H,5-8,10,12,30H2/t17?,18-,19+,23-/m1/s1. The molecule has 190 valence electrons. The van der Waals surface area contributed by atoms with Crippen molar-refractivity contribution >= 4 is 17.2 Å². The Hall–Kier alpha value is -3.11. The van der Waals surface area contributed by atoms with E-state index in [0.29, 0.717) is 24.5 Å². The van der Waals surface area contributed by atoms with Gasteiger partial charge in [0.1, 0.15) is 5.82 Å². The van der Waals surface area contributed by atoms with Crippen molar-refractivity contribution in [3.63, 3.8) is 0 Å². The molecule has 4 atom stereocenters. The maximum atomic E-state index is 14.1. The van der Waals surface area contributed by atoms with Gasteiger partial charge in [-0.2, -0.15) is 0 Å². The summed E-state index contributed by atoms with van der Waals surface area (Å²) >= 11 is 0.926. The van der Waals surface area contributed by atoms with Crippen molar-refractivity contribution in [2.75, 3.05) is 0 Å². The number of aromatic hydroxyl groups is 1. The van der Waals surface area contributed by atoms with E-state index in [1.54, 1.807) is 24.3 Å². The van der Waals surface area contributed by atoms with Gasteiger partial charge in [-0.05, 0) is 67.3 Å². The zero-order valence-corrected chi connectivity index (χ0v) is 20.2. The fraction of sp³-hybridized carbons (Fsp3) is 0.385. The van der Waals surface area contributed by atoms with Gasteiger partial charge in [0.05, 0.1) is 11.9 Å². The van der Waals surface area contributed by atoms with Crippen molar-refractivity contribution in [3.8, 4) is 5.88 Å². The molecule has 2 saturated heterocycles. The first kappa shape index (κ1) is 24.6. The van der Waals surface area contributed by atoms with Crippen LogP contribution in [0.15, 0.2) is 46.6 Å². The molecule has 5 rings (SSSR count). The lowest BCUT2D eigenvalue weighted by Gasteiger charge is -2.41. The minimum atomic E-state index is -1.22. The number of thiazole rings is 1. The highest BCUT2D eigenvalue weighted by atomic mass is 32.1. The molecule has 1 aromatic heterocycles. The molecule has 1 amide bonds. The molecule has 3 heterocycles. The van der Waals surface area contributed by atoms with Crippen molar-refractivity contribution in [2.24, 2.45) is 11.7 Å². The van der Waals surface area contributed by atoms with Gasteiger partial charge in [-0.25, -0.2) is 13.2 Å². The van der Waals surface area contributed by atoms with Crippen molar-refractivity contribution < 1.29 is 23.1 Å². The van der Waals surface area contributed by atoms with Crippen LogP contribution in [0.2, 0.25) is 0 Å². The Kier molecular flexibility index (Phi) is 6.65. The van der Waals surface area contributed by atoms with Gasteiger partial charge >= 0.3 is 4.87 Å². The van der Waals surface area contributed by atoms with Crippen LogP contribution in [0, 0.1) is 23.4 Å². The van der Waals surface area contributed by atoms with E-state index < -0.39 is 23.5 Å². The topological polar surface area (TPSA) is 88.6 Å². The molecular weight excluding hydrogens is 491 g/mol. The van der Waals surface area contributed by atoms with Gasteiger partial charge in [-0.1, -0.05) is 23.5 Å². The zero-order chi connectivity index (χ0) is 25.6. The summed E-state index contributed by atoms with van der Waals surface area (Å²) in [4.78, 5) is 26.9. The van der Waals surface area contributed by atoms with Gasteiger partial charge in [0.2, 0.25) is 5.88 Å². The number of fused-ring (bicyclic) bond motifs is 2. The Bertz CT molecular complexity index is 1330. The van der Waals surface area contributed by atoms with Crippen LogP contribution in [-0.2, 0) is 13.0 Å². The predicted molar refractivity (Wildman–Crippen MR) is 129 cm³/mol. The molecule has 2 aliphatic rings. The van der Waals surface area contributed by atoms with E-state index in [-0.39, 0.29) is 53.2 Å². The Morgan fingerprint density at radius 3 is 2.31 bits per heavy atom. The summed E-state index contributed by atoms with van der Waals surface area (Å²) in [5.74, 6) is -3.23. The maximum absolute atomic E-state index is 14.1. The number of nitrogens with zero attached hydrogens (tertiary/aromatic N) is 2. The van der Waals surface area contributed by atoms with E-state index in [1.807, 2.05) is 4.90 Å². The molecule has 2 fully saturated rings. The van der Waals surface area contributed by atoms with Gasteiger partial charge in [-0.3, -0.25) is 14.2 Å². The fourth-order valence-corrected chi connectivity index (χ4v) is 6.21. The number of amides is 1. The summed E-state index contributed by atoms with van der Waals surface area (Å²) in [5, 5.41) is 11.2. The number of hydrogen-bond acceptors (Lipinski definition) is 5. The van der Waals surface area contributed by atoms with Gasteiger partial charge in [0.25, 0.3) is 5.91 Å². The van der Waals surface area contributed by atoms with Crippen LogP contribution in [-0.4, -0.2) is 38.6 Å². The van der Waals surface area contributed by atoms with Crippen LogP contribution in [0.3, 0.4) is 0 Å². The second-order valence-electron chi connectivity index (χ2n) is 9.70. The Morgan fingerprint density at radius 1 is 1.06 bits per heavy atom. The zero-order valence-electron chi connectivity index (χ0n) is 19.4. The van der Waals surface area contributed by atoms with Gasteiger partial charge < -0.3 is 15.7 Å². The second kappa shape index (κ2) is 9.74. The largest absolute Gasteiger partial charge is 0.494 e. The third-order valence-electron chi connectivity index (χ3n) is 7.46. The number of carbonyl (C=O) groups excluding carboxylic acids is 1. The molecular formula is C26H26F3N3O3S. The second-order valence-corrected chi connectivity index (χ2v) is 10.5. The summed E-state index contributed by atoms with van der Waals surface area (Å²) in [6, 6.07) is 8.04. The fourth-order valence-electron chi connectivity index (χ4n) is 5.59. The number of hydrogen-bond donors (Lipinski definition) is 2. The van der Waals surface area contributed by atoms with E-state index in [4.69, 9.17) is 5.73 Å². The number of halogens is 3. The third kappa shape index (κ3) is 4.67. The van der Waals surface area contributed by atoms with E-state index in [1.165, 1.54) is 9.95 Å². The van der Waals surface area contributed by atoms with E-state index in [2.05, 4.69) is 0 Å². The minimum Gasteiger partial charge on any atom is -0.494 e. The first-order valence-corrected chi connectivity index (χ1v) is 12.8. The predicted octanol–water partition coefficient (Wildman–Crippen LogP) is 4.03. The summed E-state index contributed by atoms with van der Waals surface area (Å²) in [5.41, 5.74) is 7.79. The monoisotopic (exact) mass is 517 g/mol. The molecule has 3 N–H and O–H groups in total. The number of carbonyl (C=O) groups is 1. The lowest BCUT2D eigenvalue weighted by molar-refractivity contribution is 0.0500. The maximum Gasteiger partial charge on any atom is 0.310 e. The minimum absolute atomic E-state index is 0.0168. The molecule has 6 nitrogen and oxygen atoms in total. The molecule has 0 saturated carbocycles. The van der Waals surface area contributed by atoms with Crippen molar-refractivity contribution in [3.05, 3.63) is 85.6 Å². The number of rotatable bonds is 6. The summed E-state index contributed by atoms with van der Waals surface area (Å²) in [7, 11) is 0. The number of nitrogens with two attached hydrogens (primary N) is 1.